The lowest BCUT2D eigenvalue weighted by Crippen LogP contribution is -2.24. The summed E-state index contributed by atoms with van der Waals surface area (Å²) in [4.78, 5) is 24.6. The summed E-state index contributed by atoms with van der Waals surface area (Å²) in [5, 5.41) is 6.61. The predicted molar refractivity (Wildman–Crippen MR) is 96.2 cm³/mol. The molecule has 0 radical (unpaired) electrons. The second-order valence-corrected chi connectivity index (χ2v) is 5.71. The van der Waals surface area contributed by atoms with Crippen molar-refractivity contribution in [2.75, 3.05) is 5.32 Å². The molecular weight excluding hydrogens is 338 g/mol. The molecule has 0 saturated carbocycles. The summed E-state index contributed by atoms with van der Waals surface area (Å²) in [6.07, 6.45) is 4.66. The average molecular weight is 354 g/mol. The van der Waals surface area contributed by atoms with Gasteiger partial charge in [-0.3, -0.25) is 9.78 Å². The summed E-state index contributed by atoms with van der Waals surface area (Å²) in [6, 6.07) is 13.1. The minimum absolute atomic E-state index is 0.257. The summed E-state index contributed by atoms with van der Waals surface area (Å²) < 4.78 is 0. The van der Waals surface area contributed by atoms with E-state index in [-0.39, 0.29) is 11.6 Å². The maximum absolute atomic E-state index is 12.1. The van der Waals surface area contributed by atoms with Gasteiger partial charge in [0.05, 0.1) is 24.6 Å². The topological polar surface area (TPSA) is 79.8 Å². The fraction of sp³-hybridized carbons (Fsp3) is 0.111. The molecule has 2 aromatic heterocycles. The first-order valence-corrected chi connectivity index (χ1v) is 8.07. The second-order valence-electron chi connectivity index (χ2n) is 5.27. The Morgan fingerprint density at radius 3 is 2.48 bits per heavy atom. The molecule has 1 aromatic carbocycles. The van der Waals surface area contributed by atoms with Crippen LogP contribution >= 0.6 is 11.6 Å². The molecule has 0 atom stereocenters. The average Bonchev–Trinajstić information content (AvgIpc) is 2.67. The largest absolute Gasteiger partial charge is 0.365 e. The number of nitrogens with one attached hydrogen (secondary N) is 2. The van der Waals surface area contributed by atoms with Crippen LogP contribution in [0.1, 0.15) is 21.7 Å². The Bertz CT molecular complexity index is 822. The van der Waals surface area contributed by atoms with Gasteiger partial charge in [-0.15, -0.1) is 0 Å². The predicted octanol–water partition coefficient (Wildman–Crippen LogP) is 3.07. The number of rotatable bonds is 6. The first kappa shape index (κ1) is 16.9. The zero-order valence-electron chi connectivity index (χ0n) is 13.3. The van der Waals surface area contributed by atoms with Crippen molar-refractivity contribution in [1.82, 2.24) is 20.3 Å². The Balaban J connectivity index is 1.52. The number of carbonyl (C=O) groups excluding carboxylic acids is 1. The van der Waals surface area contributed by atoms with E-state index in [2.05, 4.69) is 25.6 Å². The molecular formula is C18H16ClN5O. The fourth-order valence-corrected chi connectivity index (χ4v) is 2.22. The molecule has 0 fully saturated rings. The fourth-order valence-electron chi connectivity index (χ4n) is 2.10. The van der Waals surface area contributed by atoms with Gasteiger partial charge in [-0.25, -0.2) is 9.97 Å². The van der Waals surface area contributed by atoms with Crippen molar-refractivity contribution in [3.63, 3.8) is 0 Å². The maximum Gasteiger partial charge on any atom is 0.271 e. The molecule has 1 amide bonds. The molecule has 126 valence electrons. The third-order valence-electron chi connectivity index (χ3n) is 3.43. The number of pyridine rings is 1. The van der Waals surface area contributed by atoms with E-state index < -0.39 is 0 Å². The van der Waals surface area contributed by atoms with Gasteiger partial charge >= 0.3 is 0 Å². The number of halogens is 1. The number of carbonyl (C=O) groups is 1. The molecule has 0 aliphatic heterocycles. The monoisotopic (exact) mass is 353 g/mol. The summed E-state index contributed by atoms with van der Waals surface area (Å²) in [6.45, 7) is 0.939. The Hall–Kier alpha value is -2.99. The van der Waals surface area contributed by atoms with Gasteiger partial charge in [-0.05, 0) is 29.8 Å². The van der Waals surface area contributed by atoms with E-state index in [4.69, 9.17) is 11.6 Å². The Kier molecular flexibility index (Phi) is 5.53. The van der Waals surface area contributed by atoms with E-state index in [1.807, 2.05) is 42.5 Å². The number of nitrogens with zero attached hydrogens (tertiary/aromatic N) is 3. The normalized spacial score (nSPS) is 10.3. The Labute approximate surface area is 150 Å². The van der Waals surface area contributed by atoms with Crippen LogP contribution in [0, 0.1) is 0 Å². The molecule has 3 rings (SSSR count). The molecule has 0 bridgehead atoms. The van der Waals surface area contributed by atoms with Gasteiger partial charge in [-0.1, -0.05) is 29.8 Å². The van der Waals surface area contributed by atoms with Crippen LogP contribution in [-0.2, 0) is 13.1 Å². The lowest BCUT2D eigenvalue weighted by atomic mass is 10.2. The highest BCUT2D eigenvalue weighted by Gasteiger charge is 2.08. The van der Waals surface area contributed by atoms with Gasteiger partial charge in [0.15, 0.2) is 0 Å². The lowest BCUT2D eigenvalue weighted by molar-refractivity contribution is 0.0945. The van der Waals surface area contributed by atoms with E-state index in [9.17, 15) is 4.79 Å². The minimum atomic E-state index is -0.289. The summed E-state index contributed by atoms with van der Waals surface area (Å²) in [5.74, 6) is 0.304. The number of hydrogen-bond acceptors (Lipinski definition) is 5. The van der Waals surface area contributed by atoms with Crippen LogP contribution in [0.2, 0.25) is 5.02 Å². The van der Waals surface area contributed by atoms with Crippen molar-refractivity contribution in [2.24, 2.45) is 0 Å². The van der Waals surface area contributed by atoms with Crippen molar-refractivity contribution in [3.05, 3.63) is 83.0 Å². The van der Waals surface area contributed by atoms with Crippen LogP contribution in [0.15, 0.2) is 61.1 Å². The first-order chi connectivity index (χ1) is 12.2. The number of anilines is 1. The van der Waals surface area contributed by atoms with Crippen molar-refractivity contribution >= 4 is 23.3 Å². The molecule has 0 aliphatic carbocycles. The Morgan fingerprint density at radius 1 is 0.960 bits per heavy atom. The number of aromatic nitrogens is 3. The van der Waals surface area contributed by atoms with Crippen LogP contribution in [-0.4, -0.2) is 20.9 Å². The highest BCUT2D eigenvalue weighted by atomic mass is 35.5. The van der Waals surface area contributed by atoms with Crippen LogP contribution in [0.3, 0.4) is 0 Å². The summed E-state index contributed by atoms with van der Waals surface area (Å²) in [5.41, 5.74) is 2.11. The number of amides is 1. The standard InChI is InChI=1S/C18H16ClN5O/c19-14-6-4-13(5-7-14)9-22-17-12-21-16(11-23-17)18(25)24-10-15-3-1-2-8-20-15/h1-8,11-12H,9-10H2,(H,22,23)(H,24,25). The zero-order chi connectivity index (χ0) is 17.5. The third kappa shape index (κ3) is 4.99. The van der Waals surface area contributed by atoms with E-state index in [1.165, 1.54) is 12.4 Å². The molecule has 2 N–H and O–H groups in total. The van der Waals surface area contributed by atoms with E-state index in [0.29, 0.717) is 23.9 Å². The SMILES string of the molecule is O=C(NCc1ccccn1)c1cnc(NCc2ccc(Cl)cc2)cn1. The smallest absolute Gasteiger partial charge is 0.271 e. The number of hydrogen-bond donors (Lipinski definition) is 2. The maximum atomic E-state index is 12.1. The molecule has 0 aliphatic rings. The van der Waals surface area contributed by atoms with Gasteiger partial charge in [0, 0.05) is 17.8 Å². The molecule has 6 nitrogen and oxygen atoms in total. The van der Waals surface area contributed by atoms with Crippen LogP contribution in [0.5, 0.6) is 0 Å². The van der Waals surface area contributed by atoms with Gasteiger partial charge < -0.3 is 10.6 Å². The molecule has 0 unspecified atom stereocenters. The van der Waals surface area contributed by atoms with Crippen molar-refractivity contribution < 1.29 is 4.79 Å². The van der Waals surface area contributed by atoms with Crippen LogP contribution in [0.25, 0.3) is 0 Å². The quantitative estimate of drug-likeness (QED) is 0.712. The van der Waals surface area contributed by atoms with E-state index in [1.54, 1.807) is 6.20 Å². The van der Waals surface area contributed by atoms with Crippen LogP contribution in [0.4, 0.5) is 5.82 Å². The molecule has 0 saturated heterocycles. The van der Waals surface area contributed by atoms with Crippen molar-refractivity contribution in [3.8, 4) is 0 Å². The minimum Gasteiger partial charge on any atom is -0.365 e. The number of benzene rings is 1. The summed E-state index contributed by atoms with van der Waals surface area (Å²) >= 11 is 5.86. The van der Waals surface area contributed by atoms with Gasteiger partial charge in [-0.2, -0.15) is 0 Å². The van der Waals surface area contributed by atoms with Gasteiger partial charge in [0.25, 0.3) is 5.91 Å². The molecule has 25 heavy (non-hydrogen) atoms. The molecule has 0 spiro atoms. The lowest BCUT2D eigenvalue weighted by Gasteiger charge is -2.07. The van der Waals surface area contributed by atoms with Gasteiger partial charge in [0.2, 0.25) is 0 Å². The molecule has 7 heteroatoms. The highest BCUT2D eigenvalue weighted by Crippen LogP contribution is 2.11. The summed E-state index contributed by atoms with van der Waals surface area (Å²) in [7, 11) is 0. The Morgan fingerprint density at radius 2 is 1.80 bits per heavy atom. The molecule has 2 heterocycles. The van der Waals surface area contributed by atoms with Crippen LogP contribution < -0.4 is 10.6 Å². The first-order valence-electron chi connectivity index (χ1n) is 7.69. The second kappa shape index (κ2) is 8.21. The van der Waals surface area contributed by atoms with Gasteiger partial charge in [0.1, 0.15) is 11.5 Å². The van der Waals surface area contributed by atoms with Crippen molar-refractivity contribution in [2.45, 2.75) is 13.1 Å². The van der Waals surface area contributed by atoms with Crippen molar-refractivity contribution in [1.29, 1.82) is 0 Å². The zero-order valence-corrected chi connectivity index (χ0v) is 14.1. The third-order valence-corrected chi connectivity index (χ3v) is 3.68. The highest BCUT2D eigenvalue weighted by molar-refractivity contribution is 6.30. The van der Waals surface area contributed by atoms with E-state index >= 15 is 0 Å². The molecule has 3 aromatic rings. The van der Waals surface area contributed by atoms with E-state index in [0.717, 1.165) is 11.3 Å².